The van der Waals surface area contributed by atoms with Gasteiger partial charge < -0.3 is 10.3 Å². The molecule has 0 aromatic carbocycles. The highest BCUT2D eigenvalue weighted by Gasteiger charge is 2.19. The molecule has 0 amide bonds. The fourth-order valence-electron chi connectivity index (χ4n) is 1.59. The number of hydrogen-bond acceptors (Lipinski definition) is 6. The van der Waals surface area contributed by atoms with Crippen LogP contribution in [0.3, 0.4) is 0 Å². The first kappa shape index (κ1) is 9.52. The first-order chi connectivity index (χ1) is 8.36. The molecule has 7 nitrogen and oxygen atoms in total. The molecule has 3 heterocycles. The zero-order valence-corrected chi connectivity index (χ0v) is 8.66. The van der Waals surface area contributed by atoms with Gasteiger partial charge in [0.2, 0.25) is 0 Å². The zero-order chi connectivity index (χ0) is 11.7. The predicted octanol–water partition coefficient (Wildman–Crippen LogP) is 1.10. The zero-order valence-electron chi connectivity index (χ0n) is 8.66. The van der Waals surface area contributed by atoms with E-state index in [9.17, 15) is 0 Å². The van der Waals surface area contributed by atoms with Gasteiger partial charge in [0, 0.05) is 12.4 Å². The number of H-pyrrole nitrogens is 1. The molecule has 0 fully saturated rings. The third-order valence-electron chi connectivity index (χ3n) is 2.34. The van der Waals surface area contributed by atoms with Gasteiger partial charge in [-0.25, -0.2) is 0 Å². The number of rotatable bonds is 2. The van der Waals surface area contributed by atoms with Crippen LogP contribution >= 0.6 is 0 Å². The number of nitrogens with two attached hydrogens (primary N) is 1. The van der Waals surface area contributed by atoms with Gasteiger partial charge in [0.15, 0.2) is 17.3 Å². The van der Waals surface area contributed by atoms with Crippen molar-refractivity contribution in [3.05, 3.63) is 30.7 Å². The maximum atomic E-state index is 5.80. The van der Waals surface area contributed by atoms with E-state index in [4.69, 9.17) is 10.3 Å². The molecule has 3 aromatic heterocycles. The molecule has 7 heteroatoms. The lowest BCUT2D eigenvalue weighted by Gasteiger charge is -1.98. The standard InChI is InChI=1S/C10H8N6O/c11-10-8(6-1-3-12-4-2-6)9(17-15-10)7-5-13-16-14-7/h1-5H,(H2,11,15)(H,13,14,16). The van der Waals surface area contributed by atoms with Gasteiger partial charge in [0.25, 0.3) is 0 Å². The van der Waals surface area contributed by atoms with Crippen LogP contribution in [0.5, 0.6) is 0 Å². The molecule has 0 saturated heterocycles. The smallest absolute Gasteiger partial charge is 0.198 e. The molecule has 0 aliphatic rings. The summed E-state index contributed by atoms with van der Waals surface area (Å²) in [4.78, 5) is 3.95. The third-order valence-corrected chi connectivity index (χ3v) is 2.34. The Kier molecular flexibility index (Phi) is 2.08. The molecule has 0 unspecified atom stereocenters. The van der Waals surface area contributed by atoms with Gasteiger partial charge in [-0.2, -0.15) is 15.4 Å². The summed E-state index contributed by atoms with van der Waals surface area (Å²) in [6, 6.07) is 3.65. The molecule has 0 spiro atoms. The molecule has 84 valence electrons. The maximum absolute atomic E-state index is 5.80. The normalized spacial score (nSPS) is 10.6. The van der Waals surface area contributed by atoms with Crippen LogP contribution in [-0.2, 0) is 0 Å². The number of nitrogens with zero attached hydrogens (tertiary/aromatic N) is 4. The van der Waals surface area contributed by atoms with Gasteiger partial charge in [-0.15, -0.1) is 0 Å². The number of aromatic nitrogens is 5. The van der Waals surface area contributed by atoms with E-state index in [0.29, 0.717) is 22.8 Å². The van der Waals surface area contributed by atoms with Crippen LogP contribution in [0, 0.1) is 0 Å². The summed E-state index contributed by atoms with van der Waals surface area (Å²) in [5, 5.41) is 13.9. The Labute approximate surface area is 95.7 Å². The van der Waals surface area contributed by atoms with Crippen molar-refractivity contribution < 1.29 is 4.52 Å². The maximum Gasteiger partial charge on any atom is 0.198 e. The van der Waals surface area contributed by atoms with Crippen LogP contribution in [0.4, 0.5) is 5.82 Å². The predicted molar refractivity (Wildman–Crippen MR) is 59.5 cm³/mol. The SMILES string of the molecule is Nc1noc(-c2cn[nH]n2)c1-c1ccncc1. The number of hydrogen-bond donors (Lipinski definition) is 2. The van der Waals surface area contributed by atoms with Crippen LogP contribution in [-0.4, -0.2) is 25.6 Å². The Morgan fingerprint density at radius 3 is 2.76 bits per heavy atom. The van der Waals surface area contributed by atoms with Crippen molar-refractivity contribution >= 4 is 5.82 Å². The number of aromatic amines is 1. The average molecular weight is 228 g/mol. The lowest BCUT2D eigenvalue weighted by Crippen LogP contribution is -1.89. The molecular weight excluding hydrogens is 220 g/mol. The first-order valence-electron chi connectivity index (χ1n) is 4.88. The molecule has 0 aliphatic heterocycles. The Morgan fingerprint density at radius 2 is 2.06 bits per heavy atom. The van der Waals surface area contributed by atoms with Crippen molar-refractivity contribution in [3.63, 3.8) is 0 Å². The Balaban J connectivity index is 2.20. The van der Waals surface area contributed by atoms with Gasteiger partial charge in [0.1, 0.15) is 0 Å². The summed E-state index contributed by atoms with van der Waals surface area (Å²) in [6.07, 6.45) is 4.90. The summed E-state index contributed by atoms with van der Waals surface area (Å²) in [7, 11) is 0. The van der Waals surface area contributed by atoms with E-state index in [1.165, 1.54) is 0 Å². The second-order valence-electron chi connectivity index (χ2n) is 3.36. The molecule has 0 radical (unpaired) electrons. The fraction of sp³-hybridized carbons (Fsp3) is 0. The Hall–Kier alpha value is -2.70. The highest BCUT2D eigenvalue weighted by molar-refractivity contribution is 5.84. The third kappa shape index (κ3) is 1.53. The Morgan fingerprint density at radius 1 is 1.24 bits per heavy atom. The lowest BCUT2D eigenvalue weighted by molar-refractivity contribution is 0.434. The molecule has 0 atom stereocenters. The quantitative estimate of drug-likeness (QED) is 0.680. The summed E-state index contributed by atoms with van der Waals surface area (Å²) in [5.74, 6) is 0.802. The molecule has 3 aromatic rings. The molecule has 0 saturated carbocycles. The number of pyridine rings is 1. The topological polar surface area (TPSA) is 107 Å². The van der Waals surface area contributed by atoms with Crippen molar-refractivity contribution in [3.8, 4) is 22.6 Å². The number of nitrogens with one attached hydrogen (secondary N) is 1. The van der Waals surface area contributed by atoms with E-state index in [-0.39, 0.29) is 0 Å². The molecule has 17 heavy (non-hydrogen) atoms. The van der Waals surface area contributed by atoms with E-state index in [1.54, 1.807) is 18.6 Å². The van der Waals surface area contributed by atoms with Crippen LogP contribution in [0.25, 0.3) is 22.6 Å². The van der Waals surface area contributed by atoms with E-state index in [2.05, 4.69) is 25.6 Å². The molecule has 0 aliphatic carbocycles. The minimum atomic E-state index is 0.314. The van der Waals surface area contributed by atoms with Gasteiger partial charge in [-0.05, 0) is 17.7 Å². The summed E-state index contributed by atoms with van der Waals surface area (Å²) in [6.45, 7) is 0. The van der Waals surface area contributed by atoms with Crippen molar-refractivity contribution in [2.24, 2.45) is 0 Å². The van der Waals surface area contributed by atoms with E-state index < -0.39 is 0 Å². The van der Waals surface area contributed by atoms with Crippen molar-refractivity contribution in [1.29, 1.82) is 0 Å². The highest BCUT2D eigenvalue weighted by atomic mass is 16.5. The van der Waals surface area contributed by atoms with Gasteiger partial charge in [-0.1, -0.05) is 5.16 Å². The van der Waals surface area contributed by atoms with Crippen LogP contribution < -0.4 is 5.73 Å². The molecule has 3 N–H and O–H groups in total. The summed E-state index contributed by atoms with van der Waals surface area (Å²) in [5.41, 5.74) is 7.92. The van der Waals surface area contributed by atoms with Gasteiger partial charge >= 0.3 is 0 Å². The molecule has 0 bridgehead atoms. The Bertz CT molecular complexity index is 616. The first-order valence-corrected chi connectivity index (χ1v) is 4.88. The largest absolute Gasteiger partial charge is 0.380 e. The molecular formula is C10H8N6O. The van der Waals surface area contributed by atoms with E-state index in [0.717, 1.165) is 5.56 Å². The van der Waals surface area contributed by atoms with Crippen molar-refractivity contribution in [2.45, 2.75) is 0 Å². The van der Waals surface area contributed by atoms with Crippen molar-refractivity contribution in [1.82, 2.24) is 25.6 Å². The molecule has 3 rings (SSSR count). The number of anilines is 1. The van der Waals surface area contributed by atoms with Gasteiger partial charge in [-0.3, -0.25) is 4.98 Å². The minimum Gasteiger partial charge on any atom is -0.380 e. The summed E-state index contributed by atoms with van der Waals surface area (Å²) < 4.78 is 5.18. The second-order valence-corrected chi connectivity index (χ2v) is 3.36. The number of nitrogen functional groups attached to an aromatic ring is 1. The van der Waals surface area contributed by atoms with E-state index >= 15 is 0 Å². The lowest BCUT2D eigenvalue weighted by atomic mass is 10.1. The monoisotopic (exact) mass is 228 g/mol. The van der Waals surface area contributed by atoms with Crippen LogP contribution in [0.2, 0.25) is 0 Å². The highest BCUT2D eigenvalue weighted by Crippen LogP contribution is 2.34. The van der Waals surface area contributed by atoms with Crippen LogP contribution in [0.1, 0.15) is 0 Å². The minimum absolute atomic E-state index is 0.314. The second kappa shape index (κ2) is 3.71. The van der Waals surface area contributed by atoms with Crippen LogP contribution in [0.15, 0.2) is 35.2 Å². The summed E-state index contributed by atoms with van der Waals surface area (Å²) >= 11 is 0. The van der Waals surface area contributed by atoms with Gasteiger partial charge in [0.05, 0.1) is 11.8 Å². The average Bonchev–Trinajstić information content (AvgIpc) is 2.98. The van der Waals surface area contributed by atoms with E-state index in [1.807, 2.05) is 12.1 Å². The fourth-order valence-corrected chi connectivity index (χ4v) is 1.59. The van der Waals surface area contributed by atoms with Crippen molar-refractivity contribution in [2.75, 3.05) is 5.73 Å².